The average molecular weight is 299 g/mol. The van der Waals surface area contributed by atoms with E-state index in [2.05, 4.69) is 15.9 Å². The number of halogens is 1. The van der Waals surface area contributed by atoms with E-state index in [1.54, 1.807) is 0 Å². The second-order valence-corrected chi connectivity index (χ2v) is 5.63. The second-order valence-electron chi connectivity index (χ2n) is 4.71. The maximum absolute atomic E-state index is 10.2. The normalized spacial score (nSPS) is 32.0. The lowest BCUT2D eigenvalue weighted by molar-refractivity contribution is 0.0302. The van der Waals surface area contributed by atoms with Crippen LogP contribution in [0.15, 0.2) is 22.7 Å². The number of aliphatic hydroxyl groups is 1. The highest BCUT2D eigenvalue weighted by Gasteiger charge is 2.34. The van der Waals surface area contributed by atoms with Gasteiger partial charge in [-0.3, -0.25) is 0 Å². The Morgan fingerprint density at radius 3 is 3.00 bits per heavy atom. The minimum atomic E-state index is -0.429. The lowest BCUT2D eigenvalue weighted by Gasteiger charge is -2.32. The van der Waals surface area contributed by atoms with Gasteiger partial charge < -0.3 is 14.6 Å². The number of ether oxygens (including phenoxy) is 2. The molecule has 1 aromatic rings. The number of hydrogen-bond donors (Lipinski definition) is 1. The minimum absolute atomic E-state index is 0.0844. The van der Waals surface area contributed by atoms with Crippen molar-refractivity contribution in [2.45, 2.75) is 25.0 Å². The molecule has 0 aromatic heterocycles. The Morgan fingerprint density at radius 2 is 2.24 bits per heavy atom. The summed E-state index contributed by atoms with van der Waals surface area (Å²) in [6, 6.07) is 5.80. The van der Waals surface area contributed by atoms with Crippen molar-refractivity contribution in [3.05, 3.63) is 28.2 Å². The maximum atomic E-state index is 10.2. The molecule has 0 aliphatic carbocycles. The van der Waals surface area contributed by atoms with E-state index in [-0.39, 0.29) is 6.10 Å². The molecule has 92 valence electrons. The van der Waals surface area contributed by atoms with Gasteiger partial charge in [-0.05, 0) is 24.6 Å². The van der Waals surface area contributed by atoms with E-state index in [0.29, 0.717) is 12.3 Å². The predicted octanol–water partition coefficient (Wildman–Crippen LogP) is 2.67. The Labute approximate surface area is 109 Å². The zero-order valence-electron chi connectivity index (χ0n) is 9.43. The van der Waals surface area contributed by atoms with Gasteiger partial charge in [-0.15, -0.1) is 0 Å². The van der Waals surface area contributed by atoms with Crippen LogP contribution < -0.4 is 4.74 Å². The molecular weight excluding hydrogens is 284 g/mol. The fourth-order valence-electron chi connectivity index (χ4n) is 2.58. The van der Waals surface area contributed by atoms with Crippen LogP contribution in [0.25, 0.3) is 0 Å². The number of hydrogen-bond acceptors (Lipinski definition) is 3. The van der Waals surface area contributed by atoms with Crippen LogP contribution in [0.4, 0.5) is 0 Å². The Morgan fingerprint density at radius 1 is 1.35 bits per heavy atom. The van der Waals surface area contributed by atoms with Crippen molar-refractivity contribution in [1.29, 1.82) is 0 Å². The van der Waals surface area contributed by atoms with Crippen LogP contribution >= 0.6 is 15.9 Å². The summed E-state index contributed by atoms with van der Waals surface area (Å²) >= 11 is 3.41. The lowest BCUT2D eigenvalue weighted by atomic mass is 9.91. The molecule has 17 heavy (non-hydrogen) atoms. The summed E-state index contributed by atoms with van der Waals surface area (Å²) in [4.78, 5) is 0. The van der Waals surface area contributed by atoms with Crippen molar-refractivity contribution in [3.8, 4) is 5.75 Å². The third-order valence-electron chi connectivity index (χ3n) is 3.56. The van der Waals surface area contributed by atoms with Crippen LogP contribution in [0.5, 0.6) is 5.75 Å². The Kier molecular flexibility index (Phi) is 3.11. The van der Waals surface area contributed by atoms with Gasteiger partial charge in [0, 0.05) is 29.0 Å². The number of benzene rings is 1. The van der Waals surface area contributed by atoms with Crippen molar-refractivity contribution < 1.29 is 14.6 Å². The molecule has 3 unspecified atom stereocenters. The smallest absolute Gasteiger partial charge is 0.125 e. The standard InChI is InChI=1S/C13H15BrO3/c14-9-1-2-12-10(5-9)11(15)6-13(17-12)8-3-4-16-7-8/h1-2,5,8,11,13,15H,3-4,6-7H2. The predicted molar refractivity (Wildman–Crippen MR) is 67.1 cm³/mol. The largest absolute Gasteiger partial charge is 0.490 e. The van der Waals surface area contributed by atoms with E-state index in [4.69, 9.17) is 9.47 Å². The van der Waals surface area contributed by atoms with Crippen molar-refractivity contribution in [2.75, 3.05) is 13.2 Å². The third kappa shape index (κ3) is 2.21. The first kappa shape index (κ1) is 11.5. The van der Waals surface area contributed by atoms with E-state index < -0.39 is 6.10 Å². The van der Waals surface area contributed by atoms with Crippen LogP contribution in [-0.4, -0.2) is 24.4 Å². The summed E-state index contributed by atoms with van der Waals surface area (Å²) in [5.41, 5.74) is 0.884. The average Bonchev–Trinajstić information content (AvgIpc) is 2.83. The molecule has 0 spiro atoms. The van der Waals surface area contributed by atoms with E-state index in [1.165, 1.54) is 0 Å². The molecule has 2 aliphatic rings. The molecule has 4 heteroatoms. The Balaban J connectivity index is 1.84. The van der Waals surface area contributed by atoms with Gasteiger partial charge in [0.25, 0.3) is 0 Å². The van der Waals surface area contributed by atoms with Crippen LogP contribution in [0.3, 0.4) is 0 Å². The highest BCUT2D eigenvalue weighted by atomic mass is 79.9. The third-order valence-corrected chi connectivity index (χ3v) is 4.05. The molecule has 2 aliphatic heterocycles. The van der Waals surface area contributed by atoms with Crippen LogP contribution in [-0.2, 0) is 4.74 Å². The van der Waals surface area contributed by atoms with Crippen LogP contribution in [0.2, 0.25) is 0 Å². The van der Waals surface area contributed by atoms with Gasteiger partial charge in [-0.1, -0.05) is 15.9 Å². The molecule has 3 rings (SSSR count). The summed E-state index contributed by atoms with van der Waals surface area (Å²) in [5.74, 6) is 1.23. The molecule has 0 bridgehead atoms. The maximum Gasteiger partial charge on any atom is 0.125 e. The summed E-state index contributed by atoms with van der Waals surface area (Å²) in [5, 5.41) is 10.2. The SMILES string of the molecule is OC1CC(C2CCOC2)Oc2ccc(Br)cc21. The van der Waals surface area contributed by atoms with Crippen molar-refractivity contribution in [2.24, 2.45) is 5.92 Å². The molecule has 0 radical (unpaired) electrons. The van der Waals surface area contributed by atoms with Gasteiger partial charge in [0.1, 0.15) is 11.9 Å². The monoisotopic (exact) mass is 298 g/mol. The molecule has 3 atom stereocenters. The second kappa shape index (κ2) is 4.59. The van der Waals surface area contributed by atoms with Crippen molar-refractivity contribution in [3.63, 3.8) is 0 Å². The summed E-state index contributed by atoms with van der Waals surface area (Å²) in [6.45, 7) is 1.57. The van der Waals surface area contributed by atoms with Gasteiger partial charge in [0.15, 0.2) is 0 Å². The Hall–Kier alpha value is -0.580. The van der Waals surface area contributed by atoms with E-state index in [0.717, 1.165) is 35.4 Å². The minimum Gasteiger partial charge on any atom is -0.490 e. The number of aliphatic hydroxyl groups excluding tert-OH is 1. The van der Waals surface area contributed by atoms with E-state index in [1.807, 2.05) is 18.2 Å². The van der Waals surface area contributed by atoms with E-state index >= 15 is 0 Å². The zero-order valence-corrected chi connectivity index (χ0v) is 11.0. The van der Waals surface area contributed by atoms with Gasteiger partial charge in [0.05, 0.1) is 12.7 Å². The van der Waals surface area contributed by atoms with E-state index in [9.17, 15) is 5.11 Å². The van der Waals surface area contributed by atoms with Gasteiger partial charge >= 0.3 is 0 Å². The first-order valence-corrected chi connectivity index (χ1v) is 6.75. The number of fused-ring (bicyclic) bond motifs is 1. The fraction of sp³-hybridized carbons (Fsp3) is 0.538. The quantitative estimate of drug-likeness (QED) is 0.866. The van der Waals surface area contributed by atoms with Crippen molar-refractivity contribution >= 4 is 15.9 Å². The highest BCUT2D eigenvalue weighted by Crippen LogP contribution is 2.39. The highest BCUT2D eigenvalue weighted by molar-refractivity contribution is 9.10. The zero-order chi connectivity index (χ0) is 11.8. The number of rotatable bonds is 1. The van der Waals surface area contributed by atoms with Gasteiger partial charge in [0.2, 0.25) is 0 Å². The molecule has 3 nitrogen and oxygen atoms in total. The Bertz CT molecular complexity index is 415. The molecule has 1 saturated heterocycles. The fourth-order valence-corrected chi connectivity index (χ4v) is 2.96. The summed E-state index contributed by atoms with van der Waals surface area (Å²) in [7, 11) is 0. The van der Waals surface area contributed by atoms with Gasteiger partial charge in [-0.2, -0.15) is 0 Å². The topological polar surface area (TPSA) is 38.7 Å². The summed E-state index contributed by atoms with van der Waals surface area (Å²) < 4.78 is 12.3. The first-order chi connectivity index (χ1) is 8.24. The van der Waals surface area contributed by atoms with Crippen LogP contribution in [0, 0.1) is 5.92 Å². The molecular formula is C13H15BrO3. The molecule has 1 N–H and O–H groups in total. The lowest BCUT2D eigenvalue weighted by Crippen LogP contribution is -2.33. The van der Waals surface area contributed by atoms with Crippen LogP contribution in [0.1, 0.15) is 24.5 Å². The van der Waals surface area contributed by atoms with Gasteiger partial charge in [-0.25, -0.2) is 0 Å². The first-order valence-electron chi connectivity index (χ1n) is 5.96. The van der Waals surface area contributed by atoms with Crippen molar-refractivity contribution in [1.82, 2.24) is 0 Å². The molecule has 2 heterocycles. The molecule has 0 amide bonds. The summed E-state index contributed by atoms with van der Waals surface area (Å²) in [6.07, 6.45) is 1.35. The molecule has 1 aromatic carbocycles. The molecule has 0 saturated carbocycles. The molecule has 1 fully saturated rings.